The number of nitriles is 2. The molecular weight excluding hydrogens is 462 g/mol. The minimum Gasteiger partial charge on any atom is -0.309 e. The molecule has 0 saturated heterocycles. The molecule has 1 aliphatic rings. The molecular formula is C35H27N3. The molecule has 1 heterocycles. The molecule has 0 radical (unpaired) electrons. The van der Waals surface area contributed by atoms with Crippen molar-refractivity contribution >= 4 is 38.7 Å². The number of allylic oxidation sites excluding steroid dienone is 5. The predicted molar refractivity (Wildman–Crippen MR) is 157 cm³/mol. The van der Waals surface area contributed by atoms with Gasteiger partial charge in [0.05, 0.1) is 16.7 Å². The van der Waals surface area contributed by atoms with Crippen molar-refractivity contribution in [3.63, 3.8) is 0 Å². The molecule has 0 bridgehead atoms. The molecule has 3 heteroatoms. The molecule has 1 aromatic heterocycles. The van der Waals surface area contributed by atoms with E-state index in [2.05, 4.69) is 128 Å². The Labute approximate surface area is 222 Å². The summed E-state index contributed by atoms with van der Waals surface area (Å²) in [6.45, 7) is 4.38. The molecule has 0 unspecified atom stereocenters. The Bertz CT molecular complexity index is 1890. The van der Waals surface area contributed by atoms with Crippen LogP contribution in [-0.4, -0.2) is 4.57 Å². The number of benzene rings is 4. The monoisotopic (exact) mass is 489 g/mol. The molecule has 3 nitrogen and oxygen atoms in total. The van der Waals surface area contributed by atoms with Crippen molar-refractivity contribution in [1.82, 2.24) is 4.57 Å². The van der Waals surface area contributed by atoms with Gasteiger partial charge in [-0.3, -0.25) is 0 Å². The van der Waals surface area contributed by atoms with Gasteiger partial charge in [-0.1, -0.05) is 92.7 Å². The first-order valence-electron chi connectivity index (χ1n) is 12.9. The zero-order valence-corrected chi connectivity index (χ0v) is 21.6. The quantitative estimate of drug-likeness (QED) is 0.237. The van der Waals surface area contributed by atoms with E-state index >= 15 is 0 Å². The number of para-hydroxylation sites is 1. The van der Waals surface area contributed by atoms with Crippen LogP contribution in [0.3, 0.4) is 0 Å². The summed E-state index contributed by atoms with van der Waals surface area (Å²) in [5, 5.41) is 23.7. The average molecular weight is 490 g/mol. The first-order chi connectivity index (χ1) is 18.5. The third-order valence-corrected chi connectivity index (χ3v) is 7.45. The minimum atomic E-state index is -0.00145. The smallest absolute Gasteiger partial charge is 0.132 e. The summed E-state index contributed by atoms with van der Waals surface area (Å²) in [4.78, 5) is 0. The second-order valence-electron chi connectivity index (χ2n) is 10.8. The zero-order valence-electron chi connectivity index (χ0n) is 21.6. The van der Waals surface area contributed by atoms with Crippen LogP contribution in [0.1, 0.15) is 32.3 Å². The van der Waals surface area contributed by atoms with E-state index in [9.17, 15) is 10.5 Å². The van der Waals surface area contributed by atoms with Gasteiger partial charge in [0.2, 0.25) is 0 Å². The lowest BCUT2D eigenvalue weighted by molar-refractivity contribution is 0.354. The summed E-state index contributed by atoms with van der Waals surface area (Å²) in [5.74, 6) is 0. The van der Waals surface area contributed by atoms with Gasteiger partial charge in [-0.25, -0.2) is 0 Å². The lowest BCUT2D eigenvalue weighted by Gasteiger charge is -2.30. The van der Waals surface area contributed by atoms with Gasteiger partial charge in [-0.2, -0.15) is 10.5 Å². The van der Waals surface area contributed by atoms with E-state index in [4.69, 9.17) is 0 Å². The average Bonchev–Trinajstić information content (AvgIpc) is 3.25. The Morgan fingerprint density at radius 1 is 0.763 bits per heavy atom. The number of aromatic nitrogens is 1. The Kier molecular flexibility index (Phi) is 5.71. The SMILES string of the molecule is CC1(C)CC(/C=C/c2ccc3c(c2)c2ccccc2n3-c2cccc3ccccc23)=CC(=C(C#N)C#N)C1. The molecule has 0 aliphatic heterocycles. The van der Waals surface area contributed by atoms with Gasteiger partial charge in [0, 0.05) is 16.2 Å². The molecule has 4 aromatic carbocycles. The van der Waals surface area contributed by atoms with E-state index in [0.717, 1.165) is 29.6 Å². The lowest BCUT2D eigenvalue weighted by Crippen LogP contribution is -2.17. The largest absolute Gasteiger partial charge is 0.309 e. The van der Waals surface area contributed by atoms with Crippen molar-refractivity contribution in [2.75, 3.05) is 0 Å². The molecule has 1 aliphatic carbocycles. The molecule has 0 atom stereocenters. The maximum absolute atomic E-state index is 9.39. The van der Waals surface area contributed by atoms with Crippen molar-refractivity contribution in [3.8, 4) is 17.8 Å². The maximum Gasteiger partial charge on any atom is 0.132 e. The van der Waals surface area contributed by atoms with Gasteiger partial charge >= 0.3 is 0 Å². The van der Waals surface area contributed by atoms with Gasteiger partial charge < -0.3 is 4.57 Å². The van der Waals surface area contributed by atoms with Crippen LogP contribution >= 0.6 is 0 Å². The van der Waals surface area contributed by atoms with Crippen LogP contribution < -0.4 is 0 Å². The predicted octanol–water partition coefficient (Wildman–Crippen LogP) is 9.04. The summed E-state index contributed by atoms with van der Waals surface area (Å²) in [5.41, 5.74) is 6.84. The molecule has 6 rings (SSSR count). The van der Waals surface area contributed by atoms with E-state index in [1.165, 1.54) is 38.3 Å². The number of fused-ring (bicyclic) bond motifs is 4. The summed E-state index contributed by atoms with van der Waals surface area (Å²) < 4.78 is 2.37. The molecule has 0 amide bonds. The molecule has 0 spiro atoms. The summed E-state index contributed by atoms with van der Waals surface area (Å²) in [7, 11) is 0. The van der Waals surface area contributed by atoms with Crippen molar-refractivity contribution in [2.45, 2.75) is 26.7 Å². The fourth-order valence-corrected chi connectivity index (χ4v) is 5.85. The van der Waals surface area contributed by atoms with Crippen LogP contribution in [0.2, 0.25) is 0 Å². The van der Waals surface area contributed by atoms with Gasteiger partial charge in [0.25, 0.3) is 0 Å². The van der Waals surface area contributed by atoms with Gasteiger partial charge in [0.15, 0.2) is 0 Å². The first-order valence-corrected chi connectivity index (χ1v) is 12.9. The number of hydrogen-bond acceptors (Lipinski definition) is 2. The lowest BCUT2D eigenvalue weighted by atomic mass is 9.74. The Morgan fingerprint density at radius 3 is 2.29 bits per heavy atom. The third kappa shape index (κ3) is 4.09. The standard InChI is InChI=1S/C35H27N3/c1-35(2)20-25(18-27(21-35)28(22-36)23-37)15-14-24-16-17-34-31(19-24)30-11-5-6-12-33(30)38(34)32-13-7-9-26-8-3-4-10-29(26)32/h3-19H,20-21H2,1-2H3/b15-14+. The van der Waals surface area contributed by atoms with E-state index in [1.807, 2.05) is 6.08 Å². The second-order valence-corrected chi connectivity index (χ2v) is 10.8. The Balaban J connectivity index is 1.48. The van der Waals surface area contributed by atoms with Crippen molar-refractivity contribution < 1.29 is 0 Å². The van der Waals surface area contributed by atoms with Crippen LogP contribution in [0.25, 0.3) is 44.3 Å². The molecule has 182 valence electrons. The first kappa shape index (κ1) is 23.5. The molecule has 5 aromatic rings. The van der Waals surface area contributed by atoms with Crippen LogP contribution in [0.4, 0.5) is 0 Å². The van der Waals surface area contributed by atoms with Crippen LogP contribution in [0, 0.1) is 28.1 Å². The summed E-state index contributed by atoms with van der Waals surface area (Å²) >= 11 is 0. The van der Waals surface area contributed by atoms with Gasteiger partial charge in [0.1, 0.15) is 17.7 Å². The number of rotatable bonds is 3. The molecule has 0 fully saturated rings. The summed E-state index contributed by atoms with van der Waals surface area (Å²) in [6.07, 6.45) is 7.94. The highest BCUT2D eigenvalue weighted by Crippen LogP contribution is 2.40. The molecule has 0 N–H and O–H groups in total. The maximum atomic E-state index is 9.39. The Hall–Kier alpha value is -4.86. The Morgan fingerprint density at radius 2 is 1.47 bits per heavy atom. The van der Waals surface area contributed by atoms with E-state index < -0.39 is 0 Å². The van der Waals surface area contributed by atoms with Crippen LogP contribution in [-0.2, 0) is 0 Å². The van der Waals surface area contributed by atoms with E-state index in [0.29, 0.717) is 0 Å². The second kappa shape index (κ2) is 9.22. The zero-order chi connectivity index (χ0) is 26.3. The van der Waals surface area contributed by atoms with Crippen molar-refractivity contribution in [3.05, 3.63) is 119 Å². The van der Waals surface area contributed by atoms with E-state index in [1.54, 1.807) is 0 Å². The fraction of sp³-hybridized carbons (Fsp3) is 0.143. The number of hydrogen-bond donors (Lipinski definition) is 0. The number of nitrogens with zero attached hydrogens (tertiary/aromatic N) is 3. The highest BCUT2D eigenvalue weighted by molar-refractivity contribution is 6.11. The molecule has 0 saturated carbocycles. The van der Waals surface area contributed by atoms with Crippen molar-refractivity contribution in [1.29, 1.82) is 10.5 Å². The minimum absolute atomic E-state index is 0.00145. The van der Waals surface area contributed by atoms with Crippen molar-refractivity contribution in [2.24, 2.45) is 5.41 Å². The molecule has 38 heavy (non-hydrogen) atoms. The topological polar surface area (TPSA) is 52.5 Å². The van der Waals surface area contributed by atoms with Gasteiger partial charge in [-0.05, 0) is 64.6 Å². The normalized spacial score (nSPS) is 15.1. The van der Waals surface area contributed by atoms with Crippen LogP contribution in [0.5, 0.6) is 0 Å². The summed E-state index contributed by atoms with van der Waals surface area (Å²) in [6, 6.07) is 34.4. The highest BCUT2D eigenvalue weighted by atomic mass is 15.0. The van der Waals surface area contributed by atoms with E-state index in [-0.39, 0.29) is 11.0 Å². The van der Waals surface area contributed by atoms with Gasteiger partial charge in [-0.15, -0.1) is 0 Å². The fourth-order valence-electron chi connectivity index (χ4n) is 5.85. The third-order valence-electron chi connectivity index (χ3n) is 7.45. The van der Waals surface area contributed by atoms with Crippen LogP contribution in [0.15, 0.2) is 114 Å². The highest BCUT2D eigenvalue weighted by Gasteiger charge is 2.26.